The van der Waals surface area contributed by atoms with Crippen LogP contribution in [0.25, 0.3) is 0 Å². The van der Waals surface area contributed by atoms with Crippen molar-refractivity contribution in [3.8, 4) is 0 Å². The van der Waals surface area contributed by atoms with E-state index in [0.717, 1.165) is 0 Å². The molecule has 0 fully saturated rings. The molecule has 0 rings (SSSR count). The van der Waals surface area contributed by atoms with Gasteiger partial charge in [-0.3, -0.25) is 0 Å². The molecule has 1 nitrogen and oxygen atoms in total. The summed E-state index contributed by atoms with van der Waals surface area (Å²) >= 11 is 0. The molecule has 0 atom stereocenters. The summed E-state index contributed by atoms with van der Waals surface area (Å²) in [5.74, 6) is 0. The second-order valence-corrected chi connectivity index (χ2v) is 0. The molecular weight excluding hydrogens is 375 g/mol. The Morgan fingerprint density at radius 3 is 0.750 bits per heavy atom. The number of hydrogen-bond donors (Lipinski definition) is 0. The zero-order valence-electron chi connectivity index (χ0n) is 2.01. The molecule has 0 saturated heterocycles. The zero-order chi connectivity index (χ0) is 0. The van der Waals surface area contributed by atoms with Crippen molar-refractivity contribution in [1.29, 1.82) is 0 Å². The Labute approximate surface area is 91.2 Å². The maximum atomic E-state index is 0. The van der Waals surface area contributed by atoms with Gasteiger partial charge in [-0.25, -0.2) is 0 Å². The van der Waals surface area contributed by atoms with E-state index in [0.29, 0.717) is 0 Å². The molecule has 0 unspecified atom stereocenters. The Bertz CT molecular complexity index is 6.00. The smallest absolute Gasteiger partial charge is 2.00 e. The van der Waals surface area contributed by atoms with Crippen LogP contribution < -0.4 is 0 Å². The fraction of sp³-hybridized carbons (Fsp3) is 0. The third-order valence-corrected chi connectivity index (χ3v) is 0. The van der Waals surface area contributed by atoms with Crippen molar-refractivity contribution in [2.45, 2.75) is 0 Å². The first kappa shape index (κ1) is 28.5. The van der Waals surface area contributed by atoms with Crippen molar-refractivity contribution in [3.63, 3.8) is 0 Å². The summed E-state index contributed by atoms with van der Waals surface area (Å²) in [6.07, 6.45) is 0. The maximum Gasteiger partial charge on any atom is 5.00 e. The van der Waals surface area contributed by atoms with Gasteiger partial charge in [0.1, 0.15) is 0 Å². The van der Waals surface area contributed by atoms with Gasteiger partial charge >= 0.3 is 87.8 Å². The topological polar surface area (TPSA) is 28.5 Å². The van der Waals surface area contributed by atoms with Crippen molar-refractivity contribution in [1.82, 2.24) is 0 Å². The van der Waals surface area contributed by atoms with Gasteiger partial charge in [0.05, 0.1) is 0 Å². The van der Waals surface area contributed by atoms with Gasteiger partial charge in [0.15, 0.2) is 0 Å². The van der Waals surface area contributed by atoms with Crippen LogP contribution in [0.15, 0.2) is 0 Å². The van der Waals surface area contributed by atoms with Crippen LogP contribution >= 0.6 is 0 Å². The van der Waals surface area contributed by atoms with E-state index in [9.17, 15) is 0 Å². The van der Waals surface area contributed by atoms with Crippen LogP contribution in [0.2, 0.25) is 0 Å². The van der Waals surface area contributed by atoms with Crippen molar-refractivity contribution in [2.24, 2.45) is 0 Å². The Hall–Kier alpha value is 2.91. The first-order valence-electron chi connectivity index (χ1n) is 0. The van der Waals surface area contributed by atoms with E-state index >= 15 is 0 Å². The number of rotatable bonds is 0. The molecular formula is OTaY2+9. The average Bonchev–Trinajstić information content (AvgIpc) is 0. The molecule has 0 radical (unpaired) electrons. The van der Waals surface area contributed by atoms with Gasteiger partial charge in [0.2, 0.25) is 0 Å². The van der Waals surface area contributed by atoms with E-state index < -0.39 is 0 Å². The standard InChI is InChI=1S/O.Ta.2Y/q-2;+5;2*+3. The molecule has 4 heteroatoms. The van der Waals surface area contributed by atoms with E-state index in [1.165, 1.54) is 0 Å². The molecule has 0 aliphatic heterocycles. The molecule has 4 heavy (non-hydrogen) atoms. The summed E-state index contributed by atoms with van der Waals surface area (Å²) in [4.78, 5) is 0. The molecule has 0 aliphatic rings. The monoisotopic (exact) mass is 375 g/mol. The third-order valence-electron chi connectivity index (χ3n) is 0. The fourth-order valence-electron chi connectivity index (χ4n) is 0. The Kier molecular flexibility index (Phi) is 120. The predicted octanol–water partition coefficient (Wildman–Crippen LogP) is -0.126. The summed E-state index contributed by atoms with van der Waals surface area (Å²) in [6, 6.07) is 0. The minimum atomic E-state index is 0. The van der Waals surface area contributed by atoms with Gasteiger partial charge in [-0.2, -0.15) is 0 Å². The molecule has 0 aromatic carbocycles. The van der Waals surface area contributed by atoms with E-state index in [1.807, 2.05) is 0 Å². The van der Waals surface area contributed by atoms with E-state index in [-0.39, 0.29) is 93.3 Å². The second kappa shape index (κ2) is 16.8. The van der Waals surface area contributed by atoms with Gasteiger partial charge in [-0.05, 0) is 0 Å². The van der Waals surface area contributed by atoms with Crippen LogP contribution in [-0.2, 0) is 93.3 Å². The van der Waals surface area contributed by atoms with E-state index in [1.54, 1.807) is 0 Å². The van der Waals surface area contributed by atoms with Gasteiger partial charge in [-0.1, -0.05) is 0 Å². The van der Waals surface area contributed by atoms with Crippen molar-refractivity contribution < 1.29 is 93.3 Å². The first-order valence-corrected chi connectivity index (χ1v) is 0. The summed E-state index contributed by atoms with van der Waals surface area (Å²) in [7, 11) is 0. The van der Waals surface area contributed by atoms with Gasteiger partial charge < -0.3 is 5.48 Å². The molecule has 0 aliphatic carbocycles. The summed E-state index contributed by atoms with van der Waals surface area (Å²) in [5, 5.41) is 0. The summed E-state index contributed by atoms with van der Waals surface area (Å²) in [6.45, 7) is 0. The number of hydrogen-bond acceptors (Lipinski definition) is 0. The zero-order valence-corrected chi connectivity index (χ0v) is 10.9. The molecule has 0 aromatic rings. The molecule has 8 valence electrons. The average molecular weight is 375 g/mol. The Morgan fingerprint density at radius 2 is 0.750 bits per heavy atom. The quantitative estimate of drug-likeness (QED) is 0.565. The fourth-order valence-corrected chi connectivity index (χ4v) is 0. The normalized spacial score (nSPS) is 0. The molecule has 0 saturated carbocycles. The summed E-state index contributed by atoms with van der Waals surface area (Å²) < 4.78 is 0. The van der Waals surface area contributed by atoms with Crippen LogP contribution in [0.5, 0.6) is 0 Å². The van der Waals surface area contributed by atoms with Crippen molar-refractivity contribution in [3.05, 3.63) is 0 Å². The second-order valence-electron chi connectivity index (χ2n) is 0. The molecule has 0 N–H and O–H groups in total. The van der Waals surface area contributed by atoms with E-state index in [2.05, 4.69) is 0 Å². The minimum absolute atomic E-state index is 0. The Morgan fingerprint density at radius 1 is 0.750 bits per heavy atom. The van der Waals surface area contributed by atoms with Crippen LogP contribution in [-0.4, -0.2) is 0 Å². The maximum absolute atomic E-state index is 0. The molecule has 0 aromatic heterocycles. The molecule has 0 heterocycles. The SMILES string of the molecule is [O-2].[Ta+5].[Y+3].[Y+3]. The van der Waals surface area contributed by atoms with Crippen LogP contribution in [0.3, 0.4) is 0 Å². The summed E-state index contributed by atoms with van der Waals surface area (Å²) in [5.41, 5.74) is 0. The van der Waals surface area contributed by atoms with Crippen LogP contribution in [0.1, 0.15) is 0 Å². The van der Waals surface area contributed by atoms with Gasteiger partial charge in [0.25, 0.3) is 0 Å². The predicted molar refractivity (Wildman–Crippen MR) is 0.686 cm³/mol. The molecule has 0 amide bonds. The van der Waals surface area contributed by atoms with Crippen LogP contribution in [0, 0.1) is 0 Å². The van der Waals surface area contributed by atoms with E-state index in [4.69, 9.17) is 0 Å². The van der Waals surface area contributed by atoms with Crippen molar-refractivity contribution in [2.75, 3.05) is 0 Å². The first-order chi connectivity index (χ1) is 0. The third kappa shape index (κ3) is 8.86. The van der Waals surface area contributed by atoms with Crippen LogP contribution in [0.4, 0.5) is 0 Å². The molecule has 0 spiro atoms. The van der Waals surface area contributed by atoms with Gasteiger partial charge in [-0.15, -0.1) is 0 Å². The Balaban J connectivity index is 0. The minimum Gasteiger partial charge on any atom is -2.00 e. The van der Waals surface area contributed by atoms with Gasteiger partial charge in [0, 0.05) is 0 Å². The molecule has 0 bridgehead atoms. The largest absolute Gasteiger partial charge is 5.00 e. The van der Waals surface area contributed by atoms with Crippen molar-refractivity contribution >= 4 is 0 Å².